The normalized spacial score (nSPS) is 12.3. The van der Waals surface area contributed by atoms with Gasteiger partial charge in [-0.15, -0.1) is 0 Å². The summed E-state index contributed by atoms with van der Waals surface area (Å²) in [5.74, 6) is 0. The number of hydrogen-bond donors (Lipinski definition) is 1. The Morgan fingerprint density at radius 2 is 1.52 bits per heavy atom. The Labute approximate surface area is 134 Å². The van der Waals surface area contributed by atoms with Crippen molar-refractivity contribution in [2.24, 2.45) is 0 Å². The molecular weight excluding hydrogens is 322 g/mol. The standard InChI is InChI=1S/C19H18BrN/c1-13-7-9-15(10-8-13)14(2)21-19-12-11-18(20)16-5-3-4-6-17(16)19/h3-12,14,21H,1-2H3. The summed E-state index contributed by atoms with van der Waals surface area (Å²) >= 11 is 3.62. The summed E-state index contributed by atoms with van der Waals surface area (Å²) in [5, 5.41) is 6.10. The van der Waals surface area contributed by atoms with E-state index in [9.17, 15) is 0 Å². The van der Waals surface area contributed by atoms with Crippen molar-refractivity contribution >= 4 is 32.4 Å². The van der Waals surface area contributed by atoms with Gasteiger partial charge in [-0.3, -0.25) is 0 Å². The lowest BCUT2D eigenvalue weighted by Gasteiger charge is -2.18. The van der Waals surface area contributed by atoms with Gasteiger partial charge in [0.1, 0.15) is 0 Å². The van der Waals surface area contributed by atoms with Crippen LogP contribution in [-0.4, -0.2) is 0 Å². The number of rotatable bonds is 3. The first-order valence-corrected chi connectivity index (χ1v) is 7.95. The van der Waals surface area contributed by atoms with Crippen LogP contribution in [0.4, 0.5) is 5.69 Å². The van der Waals surface area contributed by atoms with Crippen LogP contribution in [0.5, 0.6) is 0 Å². The Balaban J connectivity index is 1.95. The van der Waals surface area contributed by atoms with E-state index >= 15 is 0 Å². The molecule has 0 aliphatic carbocycles. The first-order valence-electron chi connectivity index (χ1n) is 7.15. The van der Waals surface area contributed by atoms with Gasteiger partial charge in [-0.25, -0.2) is 0 Å². The number of fused-ring (bicyclic) bond motifs is 1. The molecule has 0 radical (unpaired) electrons. The maximum atomic E-state index is 3.63. The van der Waals surface area contributed by atoms with Crippen LogP contribution in [-0.2, 0) is 0 Å². The quantitative estimate of drug-likeness (QED) is 0.609. The smallest absolute Gasteiger partial charge is 0.0485 e. The summed E-state index contributed by atoms with van der Waals surface area (Å²) in [6, 6.07) is 21.7. The maximum Gasteiger partial charge on any atom is 0.0485 e. The molecule has 0 aromatic heterocycles. The van der Waals surface area contributed by atoms with Gasteiger partial charge in [0.2, 0.25) is 0 Å². The molecule has 1 N–H and O–H groups in total. The molecule has 0 fully saturated rings. The summed E-state index contributed by atoms with van der Waals surface area (Å²) < 4.78 is 1.13. The molecule has 1 atom stereocenters. The molecule has 1 nitrogen and oxygen atoms in total. The molecule has 3 rings (SSSR count). The topological polar surface area (TPSA) is 12.0 Å². The molecule has 0 aliphatic heterocycles. The molecule has 0 saturated heterocycles. The van der Waals surface area contributed by atoms with Gasteiger partial charge < -0.3 is 5.32 Å². The summed E-state index contributed by atoms with van der Waals surface area (Å²) in [5.41, 5.74) is 3.76. The number of nitrogens with one attached hydrogen (secondary N) is 1. The van der Waals surface area contributed by atoms with Gasteiger partial charge in [-0.2, -0.15) is 0 Å². The summed E-state index contributed by atoms with van der Waals surface area (Å²) in [4.78, 5) is 0. The van der Waals surface area contributed by atoms with Crippen LogP contribution in [0, 0.1) is 6.92 Å². The van der Waals surface area contributed by atoms with Crippen molar-refractivity contribution < 1.29 is 0 Å². The minimum atomic E-state index is 0.273. The molecule has 0 aliphatic rings. The zero-order valence-corrected chi connectivity index (χ0v) is 13.8. The van der Waals surface area contributed by atoms with Crippen LogP contribution in [0.15, 0.2) is 65.1 Å². The van der Waals surface area contributed by atoms with Crippen molar-refractivity contribution in [2.45, 2.75) is 19.9 Å². The van der Waals surface area contributed by atoms with E-state index in [2.05, 4.69) is 95.8 Å². The van der Waals surface area contributed by atoms with E-state index in [1.54, 1.807) is 0 Å². The monoisotopic (exact) mass is 339 g/mol. The van der Waals surface area contributed by atoms with Crippen LogP contribution in [0.2, 0.25) is 0 Å². The van der Waals surface area contributed by atoms with E-state index in [1.165, 1.54) is 27.6 Å². The second-order valence-corrected chi connectivity index (χ2v) is 6.27. The third-order valence-electron chi connectivity index (χ3n) is 3.82. The summed E-state index contributed by atoms with van der Waals surface area (Å²) in [6.45, 7) is 4.31. The fraction of sp³-hybridized carbons (Fsp3) is 0.158. The predicted molar refractivity (Wildman–Crippen MR) is 94.9 cm³/mol. The number of halogens is 1. The van der Waals surface area contributed by atoms with Gasteiger partial charge >= 0.3 is 0 Å². The summed E-state index contributed by atoms with van der Waals surface area (Å²) in [6.07, 6.45) is 0. The van der Waals surface area contributed by atoms with E-state index < -0.39 is 0 Å². The number of anilines is 1. The highest BCUT2D eigenvalue weighted by molar-refractivity contribution is 9.10. The highest BCUT2D eigenvalue weighted by atomic mass is 79.9. The average Bonchev–Trinajstić information content (AvgIpc) is 2.51. The van der Waals surface area contributed by atoms with Crippen molar-refractivity contribution in [3.05, 3.63) is 76.3 Å². The minimum Gasteiger partial charge on any atom is -0.378 e. The number of aryl methyl sites for hydroxylation is 1. The molecule has 0 spiro atoms. The van der Waals surface area contributed by atoms with Crippen molar-refractivity contribution in [1.82, 2.24) is 0 Å². The van der Waals surface area contributed by atoms with Gasteiger partial charge in [0.15, 0.2) is 0 Å². The molecule has 3 aromatic carbocycles. The Morgan fingerprint density at radius 1 is 0.857 bits per heavy atom. The maximum absolute atomic E-state index is 3.63. The minimum absolute atomic E-state index is 0.273. The lowest BCUT2D eigenvalue weighted by atomic mass is 10.0. The van der Waals surface area contributed by atoms with Crippen molar-refractivity contribution in [2.75, 3.05) is 5.32 Å². The van der Waals surface area contributed by atoms with Crippen LogP contribution < -0.4 is 5.32 Å². The first-order chi connectivity index (χ1) is 10.1. The summed E-state index contributed by atoms with van der Waals surface area (Å²) in [7, 11) is 0. The lowest BCUT2D eigenvalue weighted by molar-refractivity contribution is 0.886. The highest BCUT2D eigenvalue weighted by Crippen LogP contribution is 2.32. The highest BCUT2D eigenvalue weighted by Gasteiger charge is 2.08. The van der Waals surface area contributed by atoms with Crippen LogP contribution in [0.25, 0.3) is 10.8 Å². The zero-order valence-electron chi connectivity index (χ0n) is 12.2. The second kappa shape index (κ2) is 5.90. The van der Waals surface area contributed by atoms with Crippen LogP contribution in [0.1, 0.15) is 24.1 Å². The Bertz CT molecular complexity index is 762. The van der Waals surface area contributed by atoms with Gasteiger partial charge in [0.05, 0.1) is 0 Å². The van der Waals surface area contributed by atoms with Gasteiger partial charge in [-0.1, -0.05) is 70.0 Å². The zero-order chi connectivity index (χ0) is 14.8. The first kappa shape index (κ1) is 14.2. The van der Waals surface area contributed by atoms with Crippen LogP contribution in [0.3, 0.4) is 0 Å². The van der Waals surface area contributed by atoms with Gasteiger partial charge in [0, 0.05) is 21.6 Å². The molecule has 0 saturated carbocycles. The molecule has 3 aromatic rings. The Hall–Kier alpha value is -1.80. The molecule has 0 amide bonds. The van der Waals surface area contributed by atoms with Gasteiger partial charge in [0.25, 0.3) is 0 Å². The lowest BCUT2D eigenvalue weighted by Crippen LogP contribution is -2.06. The predicted octanol–water partition coefficient (Wildman–Crippen LogP) is 6.08. The number of hydrogen-bond acceptors (Lipinski definition) is 1. The molecule has 106 valence electrons. The molecule has 0 heterocycles. The van der Waals surface area contributed by atoms with E-state index in [0.29, 0.717) is 0 Å². The van der Waals surface area contributed by atoms with Gasteiger partial charge in [-0.05, 0) is 36.9 Å². The average molecular weight is 340 g/mol. The third kappa shape index (κ3) is 2.96. The molecule has 0 bridgehead atoms. The molecule has 21 heavy (non-hydrogen) atoms. The fourth-order valence-electron chi connectivity index (χ4n) is 2.56. The second-order valence-electron chi connectivity index (χ2n) is 5.42. The van der Waals surface area contributed by atoms with Crippen LogP contribution >= 0.6 is 15.9 Å². The third-order valence-corrected chi connectivity index (χ3v) is 4.51. The van der Waals surface area contributed by atoms with Crippen molar-refractivity contribution in [3.8, 4) is 0 Å². The van der Waals surface area contributed by atoms with Crippen molar-refractivity contribution in [1.29, 1.82) is 0 Å². The molecule has 1 unspecified atom stereocenters. The van der Waals surface area contributed by atoms with Crippen molar-refractivity contribution in [3.63, 3.8) is 0 Å². The Kier molecular flexibility index (Phi) is 3.98. The molecule has 2 heteroatoms. The van der Waals surface area contributed by atoms with E-state index in [0.717, 1.165) is 4.47 Å². The Morgan fingerprint density at radius 3 is 2.24 bits per heavy atom. The van der Waals surface area contributed by atoms with E-state index in [-0.39, 0.29) is 6.04 Å². The number of benzene rings is 3. The van der Waals surface area contributed by atoms with E-state index in [1.807, 2.05) is 0 Å². The molecular formula is C19H18BrN. The largest absolute Gasteiger partial charge is 0.378 e. The fourth-order valence-corrected chi connectivity index (χ4v) is 3.04. The SMILES string of the molecule is Cc1ccc(C(C)Nc2ccc(Br)c3ccccc23)cc1. The van der Waals surface area contributed by atoms with E-state index in [4.69, 9.17) is 0 Å².